The maximum absolute atomic E-state index is 10.3. The van der Waals surface area contributed by atoms with Crippen molar-refractivity contribution in [1.29, 1.82) is 0 Å². The number of hydrogen-bond acceptors (Lipinski definition) is 3. The van der Waals surface area contributed by atoms with E-state index in [-0.39, 0.29) is 12.5 Å². The zero-order valence-corrected chi connectivity index (χ0v) is 8.30. The molecule has 0 amide bonds. The molecule has 4 heteroatoms. The van der Waals surface area contributed by atoms with Crippen LogP contribution in [0.4, 0.5) is 0 Å². The number of aryl methyl sites for hydroxylation is 1. The van der Waals surface area contributed by atoms with Crippen LogP contribution in [0.5, 0.6) is 0 Å². The fourth-order valence-electron chi connectivity index (χ4n) is 1.10. The molecule has 0 saturated carbocycles. The first-order valence-electron chi connectivity index (χ1n) is 4.12. The molecule has 1 heterocycles. The Labute approximate surface area is 81.2 Å². The number of carboxylic acids is 1. The predicted molar refractivity (Wildman–Crippen MR) is 52.9 cm³/mol. The topological polar surface area (TPSA) is 63.3 Å². The summed E-state index contributed by atoms with van der Waals surface area (Å²) < 4.78 is 0. The second-order valence-electron chi connectivity index (χ2n) is 3.03. The highest BCUT2D eigenvalue weighted by Crippen LogP contribution is 2.21. The monoisotopic (exact) mass is 199 g/mol. The Hall–Kier alpha value is -0.870. The van der Waals surface area contributed by atoms with Crippen LogP contribution in [0.15, 0.2) is 11.4 Å². The van der Waals surface area contributed by atoms with Crippen LogP contribution < -0.4 is 5.73 Å². The lowest BCUT2D eigenvalue weighted by atomic mass is 10.1. The number of hydrogen-bond donors (Lipinski definition) is 2. The summed E-state index contributed by atoms with van der Waals surface area (Å²) in [6.07, 6.45) is 0.640. The van der Waals surface area contributed by atoms with Crippen molar-refractivity contribution in [2.45, 2.75) is 25.8 Å². The van der Waals surface area contributed by atoms with Gasteiger partial charge in [-0.25, -0.2) is 0 Å². The molecule has 0 bridgehead atoms. The maximum Gasteiger partial charge on any atom is 0.303 e. The van der Waals surface area contributed by atoms with Gasteiger partial charge in [-0.05, 0) is 30.4 Å². The molecule has 13 heavy (non-hydrogen) atoms. The van der Waals surface area contributed by atoms with Gasteiger partial charge in [0, 0.05) is 17.3 Å². The zero-order chi connectivity index (χ0) is 9.84. The summed E-state index contributed by atoms with van der Waals surface area (Å²) in [7, 11) is 0. The van der Waals surface area contributed by atoms with Crippen molar-refractivity contribution in [3.63, 3.8) is 0 Å². The summed E-state index contributed by atoms with van der Waals surface area (Å²) in [6.45, 7) is 2.01. The number of carbonyl (C=O) groups is 1. The van der Waals surface area contributed by atoms with Gasteiger partial charge in [0.25, 0.3) is 0 Å². The third-order valence-electron chi connectivity index (χ3n) is 1.85. The van der Waals surface area contributed by atoms with Crippen molar-refractivity contribution in [1.82, 2.24) is 0 Å². The van der Waals surface area contributed by atoms with E-state index < -0.39 is 5.97 Å². The van der Waals surface area contributed by atoms with Crippen molar-refractivity contribution in [2.24, 2.45) is 5.73 Å². The van der Waals surface area contributed by atoms with Crippen molar-refractivity contribution < 1.29 is 9.90 Å². The standard InChI is InChI=1S/C9H13NO2S/c1-6-4-7(5-13-6)8(10)2-3-9(11)12/h4-5,8H,2-3,10H2,1H3,(H,11,12). The van der Waals surface area contributed by atoms with E-state index >= 15 is 0 Å². The lowest BCUT2D eigenvalue weighted by Crippen LogP contribution is -2.11. The molecule has 3 nitrogen and oxygen atoms in total. The Morgan fingerprint density at radius 2 is 2.46 bits per heavy atom. The van der Waals surface area contributed by atoms with Crippen molar-refractivity contribution in [2.75, 3.05) is 0 Å². The molecule has 0 spiro atoms. The highest BCUT2D eigenvalue weighted by molar-refractivity contribution is 7.10. The van der Waals surface area contributed by atoms with Gasteiger partial charge in [0.1, 0.15) is 0 Å². The smallest absolute Gasteiger partial charge is 0.303 e. The summed E-state index contributed by atoms with van der Waals surface area (Å²) in [4.78, 5) is 11.5. The fourth-order valence-corrected chi connectivity index (χ4v) is 1.87. The number of rotatable bonds is 4. The lowest BCUT2D eigenvalue weighted by Gasteiger charge is -2.06. The molecular weight excluding hydrogens is 186 g/mol. The van der Waals surface area contributed by atoms with Crippen molar-refractivity contribution in [3.8, 4) is 0 Å². The third kappa shape index (κ3) is 3.16. The van der Waals surface area contributed by atoms with Gasteiger partial charge in [0.15, 0.2) is 0 Å². The minimum absolute atomic E-state index is 0.135. The predicted octanol–water partition coefficient (Wildman–Crippen LogP) is 1.92. The SMILES string of the molecule is Cc1cc(C(N)CCC(=O)O)cs1. The molecule has 1 aromatic rings. The molecule has 0 aliphatic heterocycles. The summed E-state index contributed by atoms with van der Waals surface area (Å²) >= 11 is 1.64. The number of carboxylic acid groups (broad SMARTS) is 1. The minimum Gasteiger partial charge on any atom is -0.481 e. The summed E-state index contributed by atoms with van der Waals surface area (Å²) in [5.74, 6) is -0.789. The Kier molecular flexibility index (Phi) is 3.45. The molecule has 3 N–H and O–H groups in total. The highest BCUT2D eigenvalue weighted by atomic mass is 32.1. The zero-order valence-electron chi connectivity index (χ0n) is 7.49. The van der Waals surface area contributed by atoms with Crippen LogP contribution in [0.2, 0.25) is 0 Å². The average Bonchev–Trinajstić information content (AvgIpc) is 2.47. The van der Waals surface area contributed by atoms with Crippen LogP contribution in [0.1, 0.15) is 29.3 Å². The van der Waals surface area contributed by atoms with E-state index in [1.54, 1.807) is 11.3 Å². The van der Waals surface area contributed by atoms with Gasteiger partial charge in [-0.3, -0.25) is 4.79 Å². The van der Waals surface area contributed by atoms with E-state index in [2.05, 4.69) is 0 Å². The molecule has 1 unspecified atom stereocenters. The van der Waals surface area contributed by atoms with Crippen LogP contribution in [-0.4, -0.2) is 11.1 Å². The highest BCUT2D eigenvalue weighted by Gasteiger charge is 2.09. The Balaban J connectivity index is 2.48. The third-order valence-corrected chi connectivity index (χ3v) is 2.73. The molecule has 1 atom stereocenters. The van der Waals surface area contributed by atoms with Crippen LogP contribution in [0.25, 0.3) is 0 Å². The molecule has 0 fully saturated rings. The summed E-state index contributed by atoms with van der Waals surface area (Å²) in [5, 5.41) is 10.4. The van der Waals surface area contributed by atoms with Crippen LogP contribution >= 0.6 is 11.3 Å². The number of aliphatic carboxylic acids is 1. The molecule has 0 aliphatic carbocycles. The fraction of sp³-hybridized carbons (Fsp3) is 0.444. The molecular formula is C9H13NO2S. The van der Waals surface area contributed by atoms with Crippen LogP contribution in [0, 0.1) is 6.92 Å². The van der Waals surface area contributed by atoms with E-state index in [1.807, 2.05) is 18.4 Å². The number of thiophene rings is 1. The van der Waals surface area contributed by atoms with Crippen LogP contribution in [0.3, 0.4) is 0 Å². The van der Waals surface area contributed by atoms with Crippen molar-refractivity contribution in [3.05, 3.63) is 21.9 Å². The van der Waals surface area contributed by atoms with E-state index in [9.17, 15) is 4.79 Å². The number of nitrogens with two attached hydrogens (primary N) is 1. The van der Waals surface area contributed by atoms with Gasteiger partial charge in [0.05, 0.1) is 0 Å². The Morgan fingerprint density at radius 3 is 2.92 bits per heavy atom. The van der Waals surface area contributed by atoms with E-state index in [4.69, 9.17) is 10.8 Å². The normalized spacial score (nSPS) is 12.8. The molecule has 72 valence electrons. The first kappa shape index (κ1) is 10.2. The van der Waals surface area contributed by atoms with Gasteiger partial charge in [-0.1, -0.05) is 0 Å². The summed E-state index contributed by atoms with van der Waals surface area (Å²) in [5.41, 5.74) is 6.85. The quantitative estimate of drug-likeness (QED) is 0.778. The van der Waals surface area contributed by atoms with Gasteiger partial charge in [-0.15, -0.1) is 11.3 Å². The first-order valence-corrected chi connectivity index (χ1v) is 5.00. The summed E-state index contributed by atoms with van der Waals surface area (Å²) in [6, 6.07) is 1.87. The van der Waals surface area contributed by atoms with Gasteiger partial charge in [-0.2, -0.15) is 0 Å². The Bertz CT molecular complexity index is 296. The van der Waals surface area contributed by atoms with Gasteiger partial charge < -0.3 is 10.8 Å². The largest absolute Gasteiger partial charge is 0.481 e. The Morgan fingerprint density at radius 1 is 1.77 bits per heavy atom. The van der Waals surface area contributed by atoms with E-state index in [0.29, 0.717) is 6.42 Å². The minimum atomic E-state index is -0.789. The van der Waals surface area contributed by atoms with E-state index in [0.717, 1.165) is 5.56 Å². The maximum atomic E-state index is 10.3. The van der Waals surface area contributed by atoms with Gasteiger partial charge in [0.2, 0.25) is 0 Å². The lowest BCUT2D eigenvalue weighted by molar-refractivity contribution is -0.137. The molecule has 0 radical (unpaired) electrons. The second-order valence-corrected chi connectivity index (χ2v) is 4.14. The molecule has 0 aliphatic rings. The molecule has 0 aromatic carbocycles. The average molecular weight is 199 g/mol. The molecule has 1 rings (SSSR count). The molecule has 0 saturated heterocycles. The van der Waals surface area contributed by atoms with Crippen molar-refractivity contribution >= 4 is 17.3 Å². The second kappa shape index (κ2) is 4.39. The van der Waals surface area contributed by atoms with Gasteiger partial charge >= 0.3 is 5.97 Å². The van der Waals surface area contributed by atoms with Crippen LogP contribution in [-0.2, 0) is 4.79 Å². The molecule has 1 aromatic heterocycles. The first-order chi connectivity index (χ1) is 6.09. The van der Waals surface area contributed by atoms with E-state index in [1.165, 1.54) is 4.88 Å².